The molecule has 0 radical (unpaired) electrons. The second kappa shape index (κ2) is 13.3. The number of fused-ring (bicyclic) bond motifs is 11. The van der Waals surface area contributed by atoms with E-state index in [-0.39, 0.29) is 46.3 Å². The molecule has 0 fully saturated rings. The van der Waals surface area contributed by atoms with Gasteiger partial charge in [-0.2, -0.15) is 0 Å². The van der Waals surface area contributed by atoms with Crippen LogP contribution in [0, 0.1) is 0 Å². The predicted molar refractivity (Wildman–Crippen MR) is 254 cm³/mol. The average molecular weight is 909 g/mol. The first-order chi connectivity index (χ1) is 33.8. The summed E-state index contributed by atoms with van der Waals surface area (Å²) in [5, 5.41) is 0.727. The standard InChI is InChI=1S/C55H28N2O12/c58-51-33-21-47-49(23-35(33)53(60)56(51)29-11-15-39-43(19-29)64-25-62-39)68-45-17-27(9-13-41(45)66-47)55(37-7-3-1-5-31(37)32-6-2-4-8-38(32)55)28-10-14-42-46(18-28)69-50-24-36-34(22-48(50)67-42)52(59)57(54(36)61)30-12-16-40-44(20-30)65-26-63-40/h1-24H,25-26H2. The van der Waals surface area contributed by atoms with Crippen LogP contribution in [0.3, 0.4) is 0 Å². The highest BCUT2D eigenvalue weighted by atomic mass is 16.7. The van der Waals surface area contributed by atoms with Gasteiger partial charge < -0.3 is 36.6 Å². The molecule has 14 nitrogen and oxygen atoms in total. The number of hydrogen-bond acceptors (Lipinski definition) is 12. The lowest BCUT2D eigenvalue weighted by Gasteiger charge is -2.33. The molecule has 8 aromatic carbocycles. The average Bonchev–Trinajstić information content (AvgIpc) is 4.20. The Hall–Kier alpha value is -9.56. The highest BCUT2D eigenvalue weighted by Gasteiger charge is 2.46. The Morgan fingerprint density at radius 1 is 0.348 bits per heavy atom. The number of hydrogen-bond donors (Lipinski definition) is 0. The summed E-state index contributed by atoms with van der Waals surface area (Å²) in [6.45, 7) is 0.107. The summed E-state index contributed by atoms with van der Waals surface area (Å²) < 4.78 is 50.3. The van der Waals surface area contributed by atoms with E-state index in [1.165, 1.54) is 0 Å². The van der Waals surface area contributed by atoms with Crippen molar-refractivity contribution in [1.29, 1.82) is 0 Å². The lowest BCUT2D eigenvalue weighted by molar-refractivity contribution is 0.173. The van der Waals surface area contributed by atoms with Gasteiger partial charge in [0.2, 0.25) is 13.6 Å². The van der Waals surface area contributed by atoms with Gasteiger partial charge in [0.15, 0.2) is 67.7 Å². The molecule has 330 valence electrons. The van der Waals surface area contributed by atoms with E-state index in [4.69, 9.17) is 36.6 Å². The van der Waals surface area contributed by atoms with Crippen LogP contribution in [0.25, 0.3) is 88.7 Å². The smallest absolute Gasteiger partial charge is 0.266 e. The fourth-order valence-corrected chi connectivity index (χ4v) is 10.6. The highest BCUT2D eigenvalue weighted by molar-refractivity contribution is 5.97. The third-order valence-electron chi connectivity index (χ3n) is 13.7. The monoisotopic (exact) mass is 908 g/mol. The molecule has 0 saturated carbocycles. The molecule has 0 bridgehead atoms. The molecule has 0 atom stereocenters. The van der Waals surface area contributed by atoms with Gasteiger partial charge in [-0.05, 0) is 106 Å². The van der Waals surface area contributed by atoms with Gasteiger partial charge >= 0.3 is 0 Å². The maximum atomic E-state index is 13.9. The van der Waals surface area contributed by atoms with Gasteiger partial charge in [0, 0.05) is 12.1 Å². The number of rotatable bonds is 4. The van der Waals surface area contributed by atoms with Gasteiger partial charge in [-0.1, -0.05) is 60.7 Å². The third-order valence-corrected chi connectivity index (χ3v) is 13.7. The summed E-state index contributed by atoms with van der Waals surface area (Å²) in [5.74, 6) is 1.95. The topological polar surface area (TPSA) is 168 Å². The quantitative estimate of drug-likeness (QED) is 0.154. The predicted octanol–water partition coefficient (Wildman–Crippen LogP) is 9.82. The van der Waals surface area contributed by atoms with E-state index in [9.17, 15) is 19.2 Å². The normalized spacial score (nSPS) is 14.2. The minimum Gasteiger partial charge on any atom is -0.454 e. The zero-order valence-electron chi connectivity index (χ0n) is 35.6. The Morgan fingerprint density at radius 3 is 1.13 bits per heavy atom. The molecule has 69 heavy (non-hydrogen) atoms. The van der Waals surface area contributed by atoms with Crippen LogP contribution >= 0.6 is 0 Å². The van der Waals surface area contributed by atoms with Crippen LogP contribution in [0.15, 0.2) is 182 Å². The van der Waals surface area contributed by atoms with Crippen molar-refractivity contribution in [3.63, 3.8) is 0 Å². The first-order valence-electron chi connectivity index (χ1n) is 21.9. The van der Waals surface area contributed by atoms with Crippen molar-refractivity contribution in [1.82, 2.24) is 9.13 Å². The van der Waals surface area contributed by atoms with E-state index < -0.39 is 27.7 Å². The molecule has 14 heteroatoms. The van der Waals surface area contributed by atoms with E-state index in [1.807, 2.05) is 60.7 Å². The van der Waals surface area contributed by atoms with Gasteiger partial charge in [-0.15, -0.1) is 0 Å². The van der Waals surface area contributed by atoms with Crippen molar-refractivity contribution < 1.29 is 36.6 Å². The number of benzene rings is 8. The van der Waals surface area contributed by atoms with Crippen LogP contribution in [-0.4, -0.2) is 22.7 Å². The Kier molecular flexibility index (Phi) is 7.25. The largest absolute Gasteiger partial charge is 0.454 e. The second-order valence-corrected chi connectivity index (χ2v) is 17.2. The molecule has 0 amide bonds. The number of nitrogens with zero attached hydrogens (tertiary/aromatic N) is 2. The fourth-order valence-electron chi connectivity index (χ4n) is 10.6. The van der Waals surface area contributed by atoms with Gasteiger partial charge in [0.05, 0.1) is 38.3 Å². The molecular weight excluding hydrogens is 881 g/mol. The molecule has 12 aromatic rings. The molecule has 1 aliphatic carbocycles. The summed E-state index contributed by atoms with van der Waals surface area (Å²) >= 11 is 0. The number of ether oxygens (including phenoxy) is 4. The van der Waals surface area contributed by atoms with Crippen LogP contribution in [-0.2, 0) is 5.41 Å². The molecule has 0 unspecified atom stereocenters. The lowest BCUT2D eigenvalue weighted by Crippen LogP contribution is -2.28. The second-order valence-electron chi connectivity index (χ2n) is 17.2. The minimum absolute atomic E-state index is 0.0535. The van der Waals surface area contributed by atoms with Crippen LogP contribution < -0.4 is 41.2 Å². The Bertz CT molecular complexity index is 4280. The van der Waals surface area contributed by atoms with E-state index in [2.05, 4.69) is 24.3 Å². The third kappa shape index (κ3) is 5.03. The summed E-state index contributed by atoms with van der Waals surface area (Å²) in [6.07, 6.45) is 0. The van der Waals surface area contributed by atoms with Gasteiger partial charge in [0.25, 0.3) is 22.2 Å². The Labute approximate surface area is 384 Å². The SMILES string of the molecule is O=c1c2cc3oc4ccc(C5(c6ccc7oc8cc9c(=O)n(-c%10ccc%11c(c%10)OCO%11)c(=O)c9cc8oc7c6)c6ccccc6-c6ccccc65)cc4oc3cc2c(=O)n1-c1ccc2c(c1)OCO2. The molecule has 0 spiro atoms. The summed E-state index contributed by atoms with van der Waals surface area (Å²) in [7, 11) is 0. The maximum absolute atomic E-state index is 13.9. The lowest BCUT2D eigenvalue weighted by atomic mass is 9.67. The molecule has 4 aromatic heterocycles. The van der Waals surface area contributed by atoms with Crippen LogP contribution in [0.4, 0.5) is 0 Å². The van der Waals surface area contributed by atoms with E-state index in [0.717, 1.165) is 42.5 Å². The van der Waals surface area contributed by atoms with E-state index in [1.54, 1.807) is 60.7 Å². The van der Waals surface area contributed by atoms with Crippen molar-refractivity contribution in [2.24, 2.45) is 0 Å². The zero-order chi connectivity index (χ0) is 45.9. The maximum Gasteiger partial charge on any atom is 0.266 e. The van der Waals surface area contributed by atoms with Crippen molar-refractivity contribution >= 4 is 66.2 Å². The molecule has 2 aliphatic heterocycles. The molecule has 0 N–H and O–H groups in total. The van der Waals surface area contributed by atoms with Crippen LogP contribution in [0.5, 0.6) is 23.0 Å². The van der Waals surface area contributed by atoms with E-state index >= 15 is 0 Å². The van der Waals surface area contributed by atoms with Crippen molar-refractivity contribution in [2.45, 2.75) is 5.41 Å². The van der Waals surface area contributed by atoms with Crippen molar-refractivity contribution in [3.05, 3.63) is 209 Å². The summed E-state index contributed by atoms with van der Waals surface area (Å²) in [4.78, 5) is 55.4. The first-order valence-corrected chi connectivity index (χ1v) is 21.9. The minimum atomic E-state index is -0.943. The Balaban J connectivity index is 0.910. The van der Waals surface area contributed by atoms with Gasteiger partial charge in [0.1, 0.15) is 0 Å². The van der Waals surface area contributed by atoms with E-state index in [0.29, 0.717) is 67.9 Å². The molecule has 0 saturated heterocycles. The molecule has 3 aliphatic rings. The van der Waals surface area contributed by atoms with Gasteiger partial charge in [-0.25, -0.2) is 9.13 Å². The zero-order valence-corrected chi connectivity index (χ0v) is 35.6. The van der Waals surface area contributed by atoms with Gasteiger partial charge in [-0.3, -0.25) is 19.2 Å². The molecular formula is C55H28N2O12. The highest BCUT2D eigenvalue weighted by Crippen LogP contribution is 2.56. The molecule has 15 rings (SSSR count). The number of aromatic nitrogens is 2. The van der Waals surface area contributed by atoms with Crippen LogP contribution in [0.1, 0.15) is 22.3 Å². The Morgan fingerprint density at radius 2 is 0.710 bits per heavy atom. The molecule has 6 heterocycles. The van der Waals surface area contributed by atoms with Crippen molar-refractivity contribution in [2.75, 3.05) is 13.6 Å². The van der Waals surface area contributed by atoms with Crippen molar-refractivity contribution in [3.8, 4) is 45.5 Å². The summed E-state index contributed by atoms with van der Waals surface area (Å²) in [6, 6.07) is 44.1. The fraction of sp³-hybridized carbons (Fsp3) is 0.0545. The van der Waals surface area contributed by atoms with Crippen LogP contribution in [0.2, 0.25) is 0 Å². The summed E-state index contributed by atoms with van der Waals surface area (Å²) in [5.41, 5.74) is 6.32. The first kappa shape index (κ1) is 37.6.